The van der Waals surface area contributed by atoms with Crippen LogP contribution in [-0.2, 0) is 11.3 Å². The van der Waals surface area contributed by atoms with Crippen LogP contribution in [0.15, 0.2) is 24.4 Å². The molecule has 144 valence electrons. The smallest absolute Gasteiger partial charge is 0.322 e. The van der Waals surface area contributed by atoms with Crippen molar-refractivity contribution in [3.05, 3.63) is 58.7 Å². The summed E-state index contributed by atoms with van der Waals surface area (Å²) in [5.74, 6) is -3.49. The van der Waals surface area contributed by atoms with Crippen LogP contribution in [0.5, 0.6) is 0 Å². The molecule has 2 N–H and O–H groups in total. The molecule has 1 aliphatic heterocycles. The Balaban J connectivity index is 1.67. The third-order valence-electron chi connectivity index (χ3n) is 4.16. The molecular weight excluding hydrogens is 375 g/mol. The lowest BCUT2D eigenvalue weighted by atomic mass is 10.1. The molecule has 3 rings (SSSR count). The Morgan fingerprint density at radius 1 is 1.32 bits per heavy atom. The van der Waals surface area contributed by atoms with E-state index in [1.165, 1.54) is 13.1 Å². The lowest BCUT2D eigenvalue weighted by Gasteiger charge is -2.29. The van der Waals surface area contributed by atoms with Crippen molar-refractivity contribution < 1.29 is 22.8 Å². The van der Waals surface area contributed by atoms with E-state index in [9.17, 15) is 22.8 Å². The average molecular weight is 389 g/mol. The largest absolute Gasteiger partial charge is 0.346 e. The minimum absolute atomic E-state index is 0.0482. The van der Waals surface area contributed by atoms with Crippen LogP contribution in [0.3, 0.4) is 0 Å². The number of carbonyl (C=O) groups excluding carboxylic acids is 2. The van der Waals surface area contributed by atoms with E-state index in [-0.39, 0.29) is 30.0 Å². The number of hydrogen-bond acceptors (Lipinski definition) is 4. The number of amides is 3. The van der Waals surface area contributed by atoms with Gasteiger partial charge in [0.25, 0.3) is 0 Å². The molecule has 1 aromatic heterocycles. The van der Waals surface area contributed by atoms with Gasteiger partial charge in [-0.25, -0.2) is 18.0 Å². The summed E-state index contributed by atoms with van der Waals surface area (Å²) in [5, 5.41) is 13.6. The second-order valence-electron chi connectivity index (χ2n) is 6.20. The minimum atomic E-state index is -1.09. The van der Waals surface area contributed by atoms with E-state index in [0.29, 0.717) is 5.56 Å². The van der Waals surface area contributed by atoms with Gasteiger partial charge in [0.15, 0.2) is 11.6 Å². The summed E-state index contributed by atoms with van der Waals surface area (Å²) in [5.41, 5.74) is 0.447. The fourth-order valence-electron chi connectivity index (χ4n) is 2.79. The highest BCUT2D eigenvalue weighted by Gasteiger charge is 2.26. The summed E-state index contributed by atoms with van der Waals surface area (Å²) >= 11 is 0. The molecule has 0 radical (unpaired) electrons. The number of rotatable bonds is 4. The molecule has 1 aromatic carbocycles. The topological polar surface area (TPSA) is 98.1 Å². The number of anilines is 1. The van der Waals surface area contributed by atoms with Crippen molar-refractivity contribution in [1.29, 1.82) is 5.26 Å². The zero-order valence-corrected chi connectivity index (χ0v) is 14.6. The maximum atomic E-state index is 14.0. The molecule has 3 amide bonds. The monoisotopic (exact) mass is 389 g/mol. The lowest BCUT2D eigenvalue weighted by Crippen LogP contribution is -2.45. The van der Waals surface area contributed by atoms with Gasteiger partial charge in [-0.3, -0.25) is 9.78 Å². The van der Waals surface area contributed by atoms with E-state index in [1.807, 2.05) is 0 Å². The predicted octanol–water partition coefficient (Wildman–Crippen LogP) is 2.60. The zero-order valence-electron chi connectivity index (χ0n) is 14.6. The number of urea groups is 1. The van der Waals surface area contributed by atoms with Crippen LogP contribution in [0.2, 0.25) is 0 Å². The van der Waals surface area contributed by atoms with E-state index >= 15 is 0 Å². The highest BCUT2D eigenvalue weighted by molar-refractivity contribution is 5.94. The fraction of sp³-hybridized carbons (Fsp3) is 0.222. The number of nitrogens with zero attached hydrogens (tertiary/aromatic N) is 3. The molecule has 2 aromatic rings. The molecule has 7 nitrogen and oxygen atoms in total. The quantitative estimate of drug-likeness (QED) is 0.840. The van der Waals surface area contributed by atoms with Crippen LogP contribution in [0.1, 0.15) is 29.8 Å². The third kappa shape index (κ3) is 3.88. The molecule has 0 aliphatic carbocycles. The highest BCUT2D eigenvalue weighted by Crippen LogP contribution is 2.26. The average Bonchev–Trinajstić information content (AvgIpc) is 2.63. The Bertz CT molecular complexity index is 1010. The normalized spacial score (nSPS) is 14.0. The van der Waals surface area contributed by atoms with Gasteiger partial charge in [-0.2, -0.15) is 5.26 Å². The van der Waals surface area contributed by atoms with Gasteiger partial charge >= 0.3 is 6.03 Å². The van der Waals surface area contributed by atoms with Gasteiger partial charge in [0.2, 0.25) is 5.91 Å². The van der Waals surface area contributed by atoms with E-state index in [0.717, 1.165) is 23.1 Å². The molecule has 10 heteroatoms. The second-order valence-corrected chi connectivity index (χ2v) is 6.20. The van der Waals surface area contributed by atoms with Gasteiger partial charge in [-0.15, -0.1) is 0 Å². The van der Waals surface area contributed by atoms with Gasteiger partial charge in [-0.1, -0.05) is 0 Å². The summed E-state index contributed by atoms with van der Waals surface area (Å²) in [6, 6.07) is 3.13. The number of pyridine rings is 1. The molecular formula is C18H14F3N5O2. The van der Waals surface area contributed by atoms with Crippen molar-refractivity contribution in [2.45, 2.75) is 19.5 Å². The van der Waals surface area contributed by atoms with Crippen LogP contribution in [0, 0.1) is 28.8 Å². The standard InChI is InChI=1S/C18H14F3N5O2/c1-9(17-14(21)2-10(5-22)6-23-17)24-16(27)8-26-7-11-3-12(19)13(20)4-15(11)25-18(26)28/h2-4,6,9H,7-8H2,1H3,(H,24,27)(H,25,28)/t9-/m1/s1. The van der Waals surface area contributed by atoms with Gasteiger partial charge in [0, 0.05) is 12.3 Å². The van der Waals surface area contributed by atoms with Crippen molar-refractivity contribution >= 4 is 17.6 Å². The maximum Gasteiger partial charge on any atom is 0.322 e. The lowest BCUT2D eigenvalue weighted by molar-refractivity contribution is -0.122. The first-order chi connectivity index (χ1) is 13.3. The van der Waals surface area contributed by atoms with Crippen LogP contribution in [0.25, 0.3) is 0 Å². The minimum Gasteiger partial charge on any atom is -0.346 e. The molecule has 0 saturated heterocycles. The van der Waals surface area contributed by atoms with E-state index in [2.05, 4.69) is 15.6 Å². The summed E-state index contributed by atoms with van der Waals surface area (Å²) in [6.07, 6.45) is 1.18. The zero-order chi connectivity index (χ0) is 20.4. The van der Waals surface area contributed by atoms with Crippen molar-refractivity contribution in [3.8, 4) is 6.07 Å². The number of fused-ring (bicyclic) bond motifs is 1. The predicted molar refractivity (Wildman–Crippen MR) is 91.3 cm³/mol. The Morgan fingerprint density at radius 2 is 2.04 bits per heavy atom. The van der Waals surface area contributed by atoms with Crippen molar-refractivity contribution in [1.82, 2.24) is 15.2 Å². The number of aromatic nitrogens is 1. The van der Waals surface area contributed by atoms with E-state index < -0.39 is 35.4 Å². The Morgan fingerprint density at radius 3 is 2.71 bits per heavy atom. The summed E-state index contributed by atoms with van der Waals surface area (Å²) in [6.45, 7) is 1.02. The van der Waals surface area contributed by atoms with Crippen molar-refractivity contribution in [3.63, 3.8) is 0 Å². The van der Waals surface area contributed by atoms with Crippen LogP contribution < -0.4 is 10.6 Å². The van der Waals surface area contributed by atoms with Crippen LogP contribution in [-0.4, -0.2) is 28.4 Å². The molecule has 28 heavy (non-hydrogen) atoms. The van der Waals surface area contributed by atoms with Crippen LogP contribution >= 0.6 is 0 Å². The van der Waals surface area contributed by atoms with Crippen LogP contribution in [0.4, 0.5) is 23.7 Å². The maximum absolute atomic E-state index is 14.0. The van der Waals surface area contributed by atoms with Gasteiger partial charge < -0.3 is 15.5 Å². The molecule has 0 spiro atoms. The summed E-state index contributed by atoms with van der Waals surface area (Å²) in [4.78, 5) is 29.3. The van der Waals surface area contributed by atoms with Gasteiger partial charge in [-0.05, 0) is 24.6 Å². The third-order valence-corrected chi connectivity index (χ3v) is 4.16. The Hall–Kier alpha value is -3.61. The number of nitriles is 1. The number of hydrogen-bond donors (Lipinski definition) is 2. The summed E-state index contributed by atoms with van der Waals surface area (Å²) < 4.78 is 40.7. The molecule has 0 saturated carbocycles. The SMILES string of the molecule is C[C@@H](NC(=O)CN1Cc2cc(F)c(F)cc2NC1=O)c1ncc(C#N)cc1F. The number of carbonyl (C=O) groups is 2. The van der Waals surface area contributed by atoms with E-state index in [4.69, 9.17) is 5.26 Å². The molecule has 1 aliphatic rings. The highest BCUT2D eigenvalue weighted by atomic mass is 19.2. The van der Waals surface area contributed by atoms with Crippen molar-refractivity contribution in [2.24, 2.45) is 0 Å². The van der Waals surface area contributed by atoms with Gasteiger partial charge in [0.05, 0.1) is 29.5 Å². The summed E-state index contributed by atoms with van der Waals surface area (Å²) in [7, 11) is 0. The number of halogens is 3. The fourth-order valence-corrected chi connectivity index (χ4v) is 2.79. The van der Waals surface area contributed by atoms with Crippen molar-refractivity contribution in [2.75, 3.05) is 11.9 Å². The molecule has 0 unspecified atom stereocenters. The first-order valence-corrected chi connectivity index (χ1v) is 8.17. The molecule has 0 fully saturated rings. The number of benzene rings is 1. The Kier molecular flexibility index (Phi) is 5.17. The first kappa shape index (κ1) is 19.2. The van der Waals surface area contributed by atoms with Gasteiger partial charge in [0.1, 0.15) is 18.4 Å². The molecule has 0 bridgehead atoms. The Labute approximate surface area is 157 Å². The van der Waals surface area contributed by atoms with E-state index in [1.54, 1.807) is 6.07 Å². The molecule has 1 atom stereocenters. The molecule has 2 heterocycles. The second kappa shape index (κ2) is 7.56. The number of nitrogens with one attached hydrogen (secondary N) is 2. The first-order valence-electron chi connectivity index (χ1n) is 8.17.